The van der Waals surface area contributed by atoms with Gasteiger partial charge >= 0.3 is 0 Å². The van der Waals surface area contributed by atoms with Crippen LogP contribution in [0, 0.1) is 6.92 Å². The molecule has 0 saturated heterocycles. The molecule has 0 saturated carbocycles. The van der Waals surface area contributed by atoms with E-state index in [9.17, 15) is 5.11 Å². The fourth-order valence-electron chi connectivity index (χ4n) is 6.22. The van der Waals surface area contributed by atoms with Crippen LogP contribution in [-0.4, -0.2) is 32.7 Å². The Labute approximate surface area is 270 Å². The van der Waals surface area contributed by atoms with Crippen LogP contribution in [0.5, 0.6) is 5.75 Å². The minimum atomic E-state index is -1.68. The molecule has 0 radical (unpaired) electrons. The van der Waals surface area contributed by atoms with Gasteiger partial charge in [0.1, 0.15) is 11.6 Å². The van der Waals surface area contributed by atoms with Crippen LogP contribution < -0.4 is 5.19 Å². The quantitative estimate of drug-likeness (QED) is 0.189. The number of benzene rings is 4. The molecule has 0 aliphatic carbocycles. The zero-order valence-corrected chi connectivity index (χ0v) is 27.8. The Hall–Kier alpha value is -5.33. The summed E-state index contributed by atoms with van der Waals surface area (Å²) in [7, 11) is 0.315. The lowest BCUT2D eigenvalue weighted by Gasteiger charge is -2.22. The molecule has 0 spiro atoms. The fourth-order valence-corrected chi connectivity index (χ4v) is 7.69. The first-order valence-corrected chi connectivity index (χ1v) is 19.1. The highest BCUT2D eigenvalue weighted by Gasteiger charge is 2.23. The van der Waals surface area contributed by atoms with Crippen LogP contribution in [0.4, 0.5) is 0 Å². The zero-order chi connectivity index (χ0) is 32.0. The van der Waals surface area contributed by atoms with E-state index < -0.39 is 8.07 Å². The topological polar surface area (TPSA) is 63.8 Å². The summed E-state index contributed by atoms with van der Waals surface area (Å²) >= 11 is 0. The maximum atomic E-state index is 10.7. The Morgan fingerprint density at radius 3 is 2.00 bits per heavy atom. The van der Waals surface area contributed by atoms with Gasteiger partial charge in [0, 0.05) is 30.1 Å². The first kappa shape index (κ1) is 29.4. The summed E-state index contributed by atoms with van der Waals surface area (Å²) in [6.45, 7) is 9.04. The minimum Gasteiger partial charge on any atom is -0.506 e. The molecule has 7 rings (SSSR count). The van der Waals surface area contributed by atoms with E-state index in [-0.39, 0.29) is 5.75 Å². The third-order valence-electron chi connectivity index (χ3n) is 8.62. The Morgan fingerprint density at radius 1 is 0.609 bits per heavy atom. The number of aryl methyl sites for hydroxylation is 2. The van der Waals surface area contributed by atoms with Gasteiger partial charge in [-0.15, -0.1) is 0 Å². The molecular weight excluding hydrogens is 581 g/mol. The van der Waals surface area contributed by atoms with Crippen LogP contribution in [0.2, 0.25) is 19.6 Å². The van der Waals surface area contributed by atoms with Crippen molar-refractivity contribution in [3.05, 3.63) is 127 Å². The molecule has 0 unspecified atom stereocenters. The molecule has 226 valence electrons. The number of aromatic nitrogens is 4. The van der Waals surface area contributed by atoms with Crippen LogP contribution in [0.1, 0.15) is 5.69 Å². The number of fused-ring (bicyclic) bond motifs is 1. The highest BCUT2D eigenvalue weighted by atomic mass is 28.3. The smallest absolute Gasteiger partial charge is 0.144 e. The first-order valence-electron chi connectivity index (χ1n) is 15.6. The lowest BCUT2D eigenvalue weighted by molar-refractivity contribution is 0.473. The predicted octanol–water partition coefficient (Wildman–Crippen LogP) is 9.26. The molecule has 4 aromatic carbocycles. The maximum absolute atomic E-state index is 10.7. The van der Waals surface area contributed by atoms with Gasteiger partial charge in [-0.05, 0) is 76.3 Å². The van der Waals surface area contributed by atoms with Gasteiger partial charge in [-0.1, -0.05) is 92.4 Å². The molecule has 3 aromatic heterocycles. The van der Waals surface area contributed by atoms with E-state index in [4.69, 9.17) is 9.97 Å². The van der Waals surface area contributed by atoms with Crippen LogP contribution in [0.15, 0.2) is 122 Å². The highest BCUT2D eigenvalue weighted by molar-refractivity contribution is 6.89. The van der Waals surface area contributed by atoms with Gasteiger partial charge in [0.25, 0.3) is 0 Å². The Balaban J connectivity index is 1.46. The highest BCUT2D eigenvalue weighted by Crippen LogP contribution is 2.38. The summed E-state index contributed by atoms with van der Waals surface area (Å²) in [6, 6.07) is 38.3. The number of hydrogen-bond donors (Lipinski definition) is 1. The zero-order valence-electron chi connectivity index (χ0n) is 26.8. The van der Waals surface area contributed by atoms with E-state index in [1.165, 1.54) is 22.5 Å². The van der Waals surface area contributed by atoms with Crippen molar-refractivity contribution in [3.8, 4) is 61.8 Å². The molecule has 1 N–H and O–H groups in total. The van der Waals surface area contributed by atoms with Gasteiger partial charge in [-0.25, -0.2) is 4.98 Å². The molecule has 0 bridgehead atoms. The SMILES string of the molecule is Cc1cc(-c2nc3c(-c4cc(-c5ccccc5)cc(-c5cc(-c6ccccc6)c([Si](C)(C)C)cn5)c4)cccc3n2C)c(O)cn1. The lowest BCUT2D eigenvalue weighted by atomic mass is 9.93. The molecule has 0 atom stereocenters. The van der Waals surface area contributed by atoms with E-state index in [0.29, 0.717) is 11.4 Å². The average Bonchev–Trinajstić information content (AvgIpc) is 3.41. The summed E-state index contributed by atoms with van der Waals surface area (Å²) in [4.78, 5) is 14.5. The van der Waals surface area contributed by atoms with E-state index in [2.05, 4.69) is 128 Å². The normalized spacial score (nSPS) is 11.7. The molecule has 0 aliphatic heterocycles. The van der Waals surface area contributed by atoms with Gasteiger partial charge in [0.15, 0.2) is 0 Å². The van der Waals surface area contributed by atoms with Crippen molar-refractivity contribution in [2.24, 2.45) is 7.05 Å². The molecule has 7 aromatic rings. The number of rotatable bonds is 6. The van der Waals surface area contributed by atoms with Crippen molar-refractivity contribution < 1.29 is 5.11 Å². The van der Waals surface area contributed by atoms with Gasteiger partial charge in [0.05, 0.1) is 36.6 Å². The third kappa shape index (κ3) is 5.41. The van der Waals surface area contributed by atoms with Crippen molar-refractivity contribution >= 4 is 24.3 Å². The summed E-state index contributed by atoms with van der Waals surface area (Å²) < 4.78 is 2.04. The van der Waals surface area contributed by atoms with Gasteiger partial charge < -0.3 is 9.67 Å². The van der Waals surface area contributed by atoms with Crippen molar-refractivity contribution in [3.63, 3.8) is 0 Å². The van der Waals surface area contributed by atoms with Crippen molar-refractivity contribution in [2.45, 2.75) is 26.6 Å². The largest absolute Gasteiger partial charge is 0.506 e. The van der Waals surface area contributed by atoms with Crippen LogP contribution in [-0.2, 0) is 7.05 Å². The molecule has 0 fully saturated rings. The molecule has 5 nitrogen and oxygen atoms in total. The summed E-state index contributed by atoms with van der Waals surface area (Å²) in [5, 5.41) is 12.1. The van der Waals surface area contributed by atoms with Gasteiger partial charge in [0.2, 0.25) is 0 Å². The maximum Gasteiger partial charge on any atom is 0.144 e. The summed E-state index contributed by atoms with van der Waals surface area (Å²) in [6.07, 6.45) is 3.60. The standard InChI is InChI=1S/C40H36N4OSi/c1-26-19-34(37(45)24-41-26)40-43-39-32(17-12-18-36(39)44(40)2)30-20-29(27-13-8-6-9-14-27)21-31(22-30)35-23-33(28-15-10-7-11-16-28)38(25-42-35)46(3,4)5/h6-25,45H,1-5H3. The van der Waals surface area contributed by atoms with E-state index in [1.54, 1.807) is 0 Å². The van der Waals surface area contributed by atoms with Crippen molar-refractivity contribution in [2.75, 3.05) is 0 Å². The fraction of sp³-hybridized carbons (Fsp3) is 0.125. The van der Waals surface area contributed by atoms with E-state index in [0.717, 1.165) is 50.2 Å². The summed E-state index contributed by atoms with van der Waals surface area (Å²) in [5.74, 6) is 0.807. The molecule has 46 heavy (non-hydrogen) atoms. The number of aromatic hydroxyl groups is 1. The van der Waals surface area contributed by atoms with Crippen LogP contribution in [0.3, 0.4) is 0 Å². The van der Waals surface area contributed by atoms with Gasteiger partial charge in [-0.3, -0.25) is 9.97 Å². The predicted molar refractivity (Wildman–Crippen MR) is 193 cm³/mol. The second-order valence-corrected chi connectivity index (χ2v) is 17.9. The Bertz CT molecular complexity index is 2220. The minimum absolute atomic E-state index is 0.112. The van der Waals surface area contributed by atoms with E-state index in [1.807, 2.05) is 30.7 Å². The first-order chi connectivity index (χ1) is 22.2. The van der Waals surface area contributed by atoms with Crippen molar-refractivity contribution in [1.82, 2.24) is 19.5 Å². The van der Waals surface area contributed by atoms with Gasteiger partial charge in [-0.2, -0.15) is 0 Å². The second-order valence-electron chi connectivity index (χ2n) is 12.9. The monoisotopic (exact) mass is 616 g/mol. The Kier molecular flexibility index (Phi) is 7.38. The Morgan fingerprint density at radius 2 is 1.28 bits per heavy atom. The number of imidazole rings is 1. The average molecular weight is 617 g/mol. The van der Waals surface area contributed by atoms with Crippen molar-refractivity contribution in [1.29, 1.82) is 0 Å². The molecular formula is C40H36N4OSi. The molecule has 6 heteroatoms. The van der Waals surface area contributed by atoms with Crippen LogP contribution in [0.25, 0.3) is 67.1 Å². The van der Waals surface area contributed by atoms with E-state index >= 15 is 0 Å². The molecule has 0 amide bonds. The van der Waals surface area contributed by atoms with Crippen LogP contribution >= 0.6 is 0 Å². The number of para-hydroxylation sites is 1. The summed E-state index contributed by atoms with van der Waals surface area (Å²) in [5.41, 5.74) is 12.1. The lowest BCUT2D eigenvalue weighted by Crippen LogP contribution is -2.39. The second kappa shape index (κ2) is 11.5. The molecule has 3 heterocycles. The molecule has 0 aliphatic rings. The number of hydrogen-bond acceptors (Lipinski definition) is 4. The number of nitrogens with zero attached hydrogens (tertiary/aromatic N) is 4. The third-order valence-corrected chi connectivity index (χ3v) is 10.6. The number of pyridine rings is 2.